The molecular weight excluding hydrogens is 228 g/mol. The Morgan fingerprint density at radius 2 is 2.06 bits per heavy atom. The van der Waals surface area contributed by atoms with E-state index in [2.05, 4.69) is 0 Å². The minimum atomic E-state index is -3.47. The predicted molar refractivity (Wildman–Crippen MR) is 57.9 cm³/mol. The molecule has 0 spiro atoms. The summed E-state index contributed by atoms with van der Waals surface area (Å²) in [5.41, 5.74) is 0.723. The lowest BCUT2D eigenvalue weighted by Crippen LogP contribution is -2.30. The smallest absolute Gasteiger partial charge is 0.307 e. The first-order chi connectivity index (χ1) is 7.44. The number of fused-ring (bicyclic) bond motifs is 1. The van der Waals surface area contributed by atoms with E-state index in [1.165, 1.54) is 6.92 Å². The largest absolute Gasteiger partial charge is 0.481 e. The maximum atomic E-state index is 12.1. The summed E-state index contributed by atoms with van der Waals surface area (Å²) < 4.78 is 24.1. The number of hydrogen-bond acceptors (Lipinski definition) is 3. The van der Waals surface area contributed by atoms with E-state index >= 15 is 0 Å². The van der Waals surface area contributed by atoms with Gasteiger partial charge in [-0.15, -0.1) is 0 Å². The molecule has 1 aliphatic rings. The average Bonchev–Trinajstić information content (AvgIpc) is 2.50. The second-order valence-corrected chi connectivity index (χ2v) is 6.16. The highest BCUT2D eigenvalue weighted by Crippen LogP contribution is 2.34. The quantitative estimate of drug-likeness (QED) is 0.840. The lowest BCUT2D eigenvalue weighted by atomic mass is 10.0. The summed E-state index contributed by atoms with van der Waals surface area (Å²) in [6.45, 7) is 1.44. The molecule has 0 aromatic heterocycles. The van der Waals surface area contributed by atoms with Crippen molar-refractivity contribution in [3.8, 4) is 0 Å². The SMILES string of the molecule is CC(C(=O)O)C1Cc2ccccc2S1(=O)=O. The van der Waals surface area contributed by atoms with Gasteiger partial charge in [0.05, 0.1) is 16.1 Å². The normalized spacial score (nSPS) is 23.7. The Kier molecular flexibility index (Phi) is 2.50. The third-order valence-corrected chi connectivity index (χ3v) is 5.43. The standard InChI is InChI=1S/C11H12O4S/c1-7(11(12)13)10-6-8-4-2-3-5-9(8)16(10,14)15/h2-5,7,10H,6H2,1H3,(H,12,13). The fraction of sp³-hybridized carbons (Fsp3) is 0.364. The molecule has 0 radical (unpaired) electrons. The number of carboxylic acids is 1. The van der Waals surface area contributed by atoms with E-state index < -0.39 is 27.0 Å². The van der Waals surface area contributed by atoms with Gasteiger partial charge >= 0.3 is 5.97 Å². The average molecular weight is 240 g/mol. The molecule has 1 aromatic carbocycles. The molecule has 0 fully saturated rings. The van der Waals surface area contributed by atoms with Crippen LogP contribution >= 0.6 is 0 Å². The van der Waals surface area contributed by atoms with E-state index in [9.17, 15) is 13.2 Å². The molecular formula is C11H12O4S. The highest BCUT2D eigenvalue weighted by Gasteiger charge is 2.42. The number of hydrogen-bond donors (Lipinski definition) is 1. The van der Waals surface area contributed by atoms with Crippen LogP contribution in [0.1, 0.15) is 12.5 Å². The van der Waals surface area contributed by atoms with Crippen LogP contribution in [0.3, 0.4) is 0 Å². The minimum absolute atomic E-state index is 0.285. The summed E-state index contributed by atoms with van der Waals surface area (Å²) in [4.78, 5) is 11.1. The first-order valence-corrected chi connectivity index (χ1v) is 6.54. The molecule has 2 atom stereocenters. The van der Waals surface area contributed by atoms with Gasteiger partial charge in [-0.2, -0.15) is 0 Å². The molecule has 5 heteroatoms. The fourth-order valence-electron chi connectivity index (χ4n) is 2.04. The lowest BCUT2D eigenvalue weighted by molar-refractivity contribution is -0.141. The van der Waals surface area contributed by atoms with Crippen molar-refractivity contribution in [2.45, 2.75) is 23.5 Å². The van der Waals surface area contributed by atoms with Gasteiger partial charge in [-0.3, -0.25) is 4.79 Å². The Labute approximate surface area is 93.8 Å². The van der Waals surface area contributed by atoms with Crippen LogP contribution < -0.4 is 0 Å². The fourth-order valence-corrected chi connectivity index (χ4v) is 4.21. The molecule has 86 valence electrons. The summed E-state index contributed by atoms with van der Waals surface area (Å²) in [6, 6.07) is 6.70. The monoisotopic (exact) mass is 240 g/mol. The van der Waals surface area contributed by atoms with E-state index in [4.69, 9.17) is 5.11 Å². The van der Waals surface area contributed by atoms with Crippen molar-refractivity contribution in [2.24, 2.45) is 5.92 Å². The number of aliphatic carboxylic acids is 1. The van der Waals surface area contributed by atoms with Gasteiger partial charge in [0, 0.05) is 0 Å². The van der Waals surface area contributed by atoms with Gasteiger partial charge in [0.1, 0.15) is 0 Å². The van der Waals surface area contributed by atoms with Crippen LogP contribution in [0.4, 0.5) is 0 Å². The number of rotatable bonds is 2. The van der Waals surface area contributed by atoms with Crippen LogP contribution in [0, 0.1) is 5.92 Å². The zero-order valence-electron chi connectivity index (χ0n) is 8.75. The second kappa shape index (κ2) is 3.59. The second-order valence-electron chi connectivity index (χ2n) is 4.02. The van der Waals surface area contributed by atoms with Crippen molar-refractivity contribution in [3.05, 3.63) is 29.8 Å². The van der Waals surface area contributed by atoms with Crippen molar-refractivity contribution in [2.75, 3.05) is 0 Å². The maximum Gasteiger partial charge on any atom is 0.307 e. The topological polar surface area (TPSA) is 71.4 Å². The van der Waals surface area contributed by atoms with Gasteiger partial charge in [0.25, 0.3) is 0 Å². The van der Waals surface area contributed by atoms with Gasteiger partial charge < -0.3 is 5.11 Å². The molecule has 0 amide bonds. The highest BCUT2D eigenvalue weighted by atomic mass is 32.2. The van der Waals surface area contributed by atoms with E-state index in [1.807, 2.05) is 0 Å². The Morgan fingerprint density at radius 3 is 2.62 bits per heavy atom. The Balaban J connectivity index is 2.48. The number of benzene rings is 1. The van der Waals surface area contributed by atoms with Crippen LogP contribution in [-0.4, -0.2) is 24.7 Å². The lowest BCUT2D eigenvalue weighted by Gasteiger charge is -2.13. The Morgan fingerprint density at radius 1 is 1.44 bits per heavy atom. The molecule has 1 aromatic rings. The van der Waals surface area contributed by atoms with Crippen molar-refractivity contribution >= 4 is 15.8 Å². The number of carbonyl (C=O) groups is 1. The molecule has 2 unspecified atom stereocenters. The summed E-state index contributed by atoms with van der Waals surface area (Å²) >= 11 is 0. The van der Waals surface area contributed by atoms with Crippen molar-refractivity contribution < 1.29 is 18.3 Å². The molecule has 0 bridgehead atoms. The summed E-state index contributed by atoms with van der Waals surface area (Å²) in [5.74, 6) is -1.95. The van der Waals surface area contributed by atoms with Crippen molar-refractivity contribution in [1.82, 2.24) is 0 Å². The molecule has 4 nitrogen and oxygen atoms in total. The maximum absolute atomic E-state index is 12.1. The third-order valence-electron chi connectivity index (χ3n) is 3.05. The summed E-state index contributed by atoms with van der Waals surface area (Å²) in [6.07, 6.45) is 0.298. The number of carboxylic acid groups (broad SMARTS) is 1. The molecule has 1 heterocycles. The molecule has 0 saturated heterocycles. The molecule has 1 aliphatic heterocycles. The van der Waals surface area contributed by atoms with E-state index in [-0.39, 0.29) is 4.90 Å². The predicted octanol–water partition coefficient (Wildman–Crippen LogP) is 1.11. The highest BCUT2D eigenvalue weighted by molar-refractivity contribution is 7.92. The first-order valence-electron chi connectivity index (χ1n) is 4.99. The molecule has 1 N–H and O–H groups in total. The zero-order valence-corrected chi connectivity index (χ0v) is 9.57. The van der Waals surface area contributed by atoms with Crippen LogP contribution in [0.5, 0.6) is 0 Å². The van der Waals surface area contributed by atoms with Crippen molar-refractivity contribution in [1.29, 1.82) is 0 Å². The third kappa shape index (κ3) is 1.51. The van der Waals surface area contributed by atoms with E-state index in [0.29, 0.717) is 6.42 Å². The van der Waals surface area contributed by atoms with Crippen LogP contribution in [0.25, 0.3) is 0 Å². The van der Waals surface area contributed by atoms with E-state index in [0.717, 1.165) is 5.56 Å². The first kappa shape index (κ1) is 11.1. The Bertz CT molecular complexity index is 533. The van der Waals surface area contributed by atoms with Gasteiger partial charge in [-0.05, 0) is 18.1 Å². The van der Waals surface area contributed by atoms with Crippen LogP contribution in [0.15, 0.2) is 29.2 Å². The van der Waals surface area contributed by atoms with Gasteiger partial charge in [-0.25, -0.2) is 8.42 Å². The molecule has 0 aliphatic carbocycles. The molecule has 16 heavy (non-hydrogen) atoms. The molecule has 0 saturated carbocycles. The Hall–Kier alpha value is -1.36. The van der Waals surface area contributed by atoms with E-state index in [1.54, 1.807) is 24.3 Å². The number of sulfone groups is 1. The summed E-state index contributed by atoms with van der Waals surface area (Å²) in [5, 5.41) is 8.06. The zero-order chi connectivity index (χ0) is 11.9. The summed E-state index contributed by atoms with van der Waals surface area (Å²) in [7, 11) is -3.47. The van der Waals surface area contributed by atoms with Gasteiger partial charge in [0.2, 0.25) is 0 Å². The van der Waals surface area contributed by atoms with Crippen LogP contribution in [0.2, 0.25) is 0 Å². The van der Waals surface area contributed by atoms with Crippen molar-refractivity contribution in [3.63, 3.8) is 0 Å². The molecule has 2 rings (SSSR count). The van der Waals surface area contributed by atoms with Crippen LogP contribution in [-0.2, 0) is 21.1 Å². The minimum Gasteiger partial charge on any atom is -0.481 e. The van der Waals surface area contributed by atoms with Gasteiger partial charge in [-0.1, -0.05) is 25.1 Å². The van der Waals surface area contributed by atoms with Gasteiger partial charge in [0.15, 0.2) is 9.84 Å².